The first-order chi connectivity index (χ1) is 14.7. The van der Waals surface area contributed by atoms with Gasteiger partial charge in [-0.15, -0.1) is 0 Å². The lowest BCUT2D eigenvalue weighted by Crippen LogP contribution is -2.36. The lowest BCUT2D eigenvalue weighted by atomic mass is 9.77. The Kier molecular flexibility index (Phi) is 4.19. The lowest BCUT2D eigenvalue weighted by Gasteiger charge is -2.34. The summed E-state index contributed by atoms with van der Waals surface area (Å²) in [6.45, 7) is 1.48. The lowest BCUT2D eigenvalue weighted by molar-refractivity contribution is 0.0304. The van der Waals surface area contributed by atoms with Crippen molar-refractivity contribution in [2.24, 2.45) is 11.8 Å². The summed E-state index contributed by atoms with van der Waals surface area (Å²) in [6.07, 6.45) is 8.98. The van der Waals surface area contributed by atoms with Crippen molar-refractivity contribution < 1.29 is 9.90 Å². The third kappa shape index (κ3) is 2.87. The standard InChI is InChI=1S/C23H27N5O2/c29-22-9-16-11-27(10-15(16)8-21(22)28-13-24-12-25-28)23(30)14-5-6-20-18(7-14)17-3-1-2-4-19(17)26-20/h5-7,12-13,15-16,21-22,26,29H,1-4,8-11H2/t15-,16+,21-,22-/m1/s1. The zero-order valence-corrected chi connectivity index (χ0v) is 17.0. The van der Waals surface area contributed by atoms with Gasteiger partial charge in [-0.1, -0.05) is 0 Å². The maximum Gasteiger partial charge on any atom is 0.253 e. The van der Waals surface area contributed by atoms with Gasteiger partial charge in [-0.2, -0.15) is 5.10 Å². The van der Waals surface area contributed by atoms with Crippen LogP contribution in [0.3, 0.4) is 0 Å². The number of carbonyl (C=O) groups is 1. The van der Waals surface area contributed by atoms with E-state index in [-0.39, 0.29) is 11.9 Å². The number of aryl methyl sites for hydroxylation is 2. The second-order valence-electron chi connectivity index (χ2n) is 9.26. The van der Waals surface area contributed by atoms with Gasteiger partial charge in [0.2, 0.25) is 0 Å². The van der Waals surface area contributed by atoms with Crippen LogP contribution in [-0.2, 0) is 12.8 Å². The molecule has 0 bridgehead atoms. The molecule has 3 heterocycles. The minimum Gasteiger partial charge on any atom is -0.391 e. The summed E-state index contributed by atoms with van der Waals surface area (Å²) in [5, 5.41) is 16.1. The largest absolute Gasteiger partial charge is 0.391 e. The summed E-state index contributed by atoms with van der Waals surface area (Å²) in [5.41, 5.74) is 4.68. The van der Waals surface area contributed by atoms with Gasteiger partial charge in [0.15, 0.2) is 0 Å². The van der Waals surface area contributed by atoms with E-state index in [0.29, 0.717) is 18.3 Å². The highest BCUT2D eigenvalue weighted by Gasteiger charge is 2.44. The Balaban J connectivity index is 1.23. The number of nitrogens with one attached hydrogen (secondary N) is 1. The van der Waals surface area contributed by atoms with Crippen molar-refractivity contribution in [2.75, 3.05) is 13.1 Å². The van der Waals surface area contributed by atoms with Crippen LogP contribution < -0.4 is 0 Å². The second-order valence-corrected chi connectivity index (χ2v) is 9.26. The summed E-state index contributed by atoms with van der Waals surface area (Å²) < 4.78 is 1.77. The number of aliphatic hydroxyl groups is 1. The molecule has 0 radical (unpaired) electrons. The van der Waals surface area contributed by atoms with E-state index in [0.717, 1.165) is 43.4 Å². The first kappa shape index (κ1) is 18.1. The fourth-order valence-corrected chi connectivity index (χ4v) is 5.97. The monoisotopic (exact) mass is 405 g/mol. The maximum atomic E-state index is 13.3. The van der Waals surface area contributed by atoms with Crippen LogP contribution in [0.25, 0.3) is 10.9 Å². The van der Waals surface area contributed by atoms with E-state index < -0.39 is 6.10 Å². The van der Waals surface area contributed by atoms with E-state index >= 15 is 0 Å². The van der Waals surface area contributed by atoms with Gasteiger partial charge in [-0.3, -0.25) is 4.79 Å². The van der Waals surface area contributed by atoms with E-state index in [4.69, 9.17) is 0 Å². The highest BCUT2D eigenvalue weighted by atomic mass is 16.3. The molecule has 2 aliphatic carbocycles. The molecule has 1 saturated heterocycles. The Bertz CT molecular complexity index is 1090. The molecule has 6 rings (SSSR count). The topological polar surface area (TPSA) is 87.0 Å². The van der Waals surface area contributed by atoms with Gasteiger partial charge in [-0.05, 0) is 74.1 Å². The molecule has 7 nitrogen and oxygen atoms in total. The number of aromatic amines is 1. The number of carbonyl (C=O) groups excluding carboxylic acids is 1. The van der Waals surface area contributed by atoms with Crippen LogP contribution in [0.15, 0.2) is 30.9 Å². The van der Waals surface area contributed by atoms with E-state index in [1.165, 1.54) is 35.8 Å². The van der Waals surface area contributed by atoms with Gasteiger partial charge in [-0.25, -0.2) is 9.67 Å². The number of amides is 1. The molecule has 1 aromatic carbocycles. The third-order valence-corrected chi connectivity index (χ3v) is 7.52. The number of rotatable bonds is 2. The molecule has 3 aromatic rings. The van der Waals surface area contributed by atoms with Gasteiger partial charge < -0.3 is 15.0 Å². The van der Waals surface area contributed by atoms with Crippen LogP contribution in [0.5, 0.6) is 0 Å². The molecule has 3 aliphatic rings. The first-order valence-electron chi connectivity index (χ1n) is 11.1. The molecule has 2 N–H and O–H groups in total. The molecule has 30 heavy (non-hydrogen) atoms. The first-order valence-corrected chi connectivity index (χ1v) is 11.1. The fraction of sp³-hybridized carbons (Fsp3) is 0.522. The van der Waals surface area contributed by atoms with Gasteiger partial charge in [0.1, 0.15) is 12.7 Å². The van der Waals surface area contributed by atoms with Gasteiger partial charge in [0.25, 0.3) is 5.91 Å². The zero-order chi connectivity index (χ0) is 20.2. The van der Waals surface area contributed by atoms with Crippen molar-refractivity contribution in [1.82, 2.24) is 24.6 Å². The highest BCUT2D eigenvalue weighted by molar-refractivity contribution is 5.99. The number of fused-ring (bicyclic) bond motifs is 4. The van der Waals surface area contributed by atoms with Crippen LogP contribution in [0, 0.1) is 11.8 Å². The number of aromatic nitrogens is 4. The van der Waals surface area contributed by atoms with E-state index in [1.807, 2.05) is 11.0 Å². The van der Waals surface area contributed by atoms with Crippen molar-refractivity contribution in [3.63, 3.8) is 0 Å². The summed E-state index contributed by atoms with van der Waals surface area (Å²) in [4.78, 5) is 22.9. The Morgan fingerprint density at radius 2 is 1.97 bits per heavy atom. The van der Waals surface area contributed by atoms with Crippen molar-refractivity contribution in [1.29, 1.82) is 0 Å². The van der Waals surface area contributed by atoms with E-state index in [1.54, 1.807) is 11.0 Å². The Hall–Kier alpha value is -2.67. The normalized spacial score (nSPS) is 28.5. The average Bonchev–Trinajstić information content (AvgIpc) is 3.50. The van der Waals surface area contributed by atoms with E-state index in [9.17, 15) is 9.90 Å². The van der Waals surface area contributed by atoms with Crippen molar-refractivity contribution in [3.8, 4) is 0 Å². The molecule has 7 heteroatoms. The number of likely N-dealkylation sites (tertiary alicyclic amines) is 1. The smallest absolute Gasteiger partial charge is 0.253 e. The van der Waals surface area contributed by atoms with Crippen molar-refractivity contribution >= 4 is 16.8 Å². The fourth-order valence-electron chi connectivity index (χ4n) is 5.97. The quantitative estimate of drug-likeness (QED) is 0.686. The molecule has 1 saturated carbocycles. The second kappa shape index (κ2) is 6.94. The molecule has 1 amide bonds. The Labute approximate surface area is 175 Å². The summed E-state index contributed by atoms with van der Waals surface area (Å²) >= 11 is 0. The minimum atomic E-state index is -0.439. The predicted molar refractivity (Wildman–Crippen MR) is 112 cm³/mol. The minimum absolute atomic E-state index is 0.0495. The highest BCUT2D eigenvalue weighted by Crippen LogP contribution is 2.41. The summed E-state index contributed by atoms with van der Waals surface area (Å²) in [5.74, 6) is 0.867. The molecule has 1 aliphatic heterocycles. The maximum absolute atomic E-state index is 13.3. The molecule has 2 fully saturated rings. The predicted octanol–water partition coefficient (Wildman–Crippen LogP) is 2.72. The van der Waals surface area contributed by atoms with Gasteiger partial charge in [0, 0.05) is 35.2 Å². The van der Waals surface area contributed by atoms with Crippen LogP contribution in [0.1, 0.15) is 53.3 Å². The van der Waals surface area contributed by atoms with Crippen LogP contribution in [0.4, 0.5) is 0 Å². The summed E-state index contributed by atoms with van der Waals surface area (Å²) in [6, 6.07) is 6.07. The number of aliphatic hydroxyl groups excluding tert-OH is 1. The Morgan fingerprint density at radius 1 is 1.13 bits per heavy atom. The number of benzene rings is 1. The van der Waals surface area contributed by atoms with Gasteiger partial charge >= 0.3 is 0 Å². The molecule has 4 atom stereocenters. The molecule has 0 spiro atoms. The number of hydrogen-bond acceptors (Lipinski definition) is 4. The van der Waals surface area contributed by atoms with Gasteiger partial charge in [0.05, 0.1) is 12.1 Å². The number of hydrogen-bond donors (Lipinski definition) is 2. The Morgan fingerprint density at radius 3 is 2.80 bits per heavy atom. The molecule has 0 unspecified atom stereocenters. The molecular formula is C23H27N5O2. The zero-order valence-electron chi connectivity index (χ0n) is 17.0. The number of nitrogens with zero attached hydrogens (tertiary/aromatic N) is 4. The molecular weight excluding hydrogens is 378 g/mol. The summed E-state index contributed by atoms with van der Waals surface area (Å²) in [7, 11) is 0. The third-order valence-electron chi connectivity index (χ3n) is 7.52. The SMILES string of the molecule is O=C(c1ccc2[nH]c3c(c2c1)CCCC3)N1C[C@H]2C[C@@H](n3cncn3)[C@H](O)C[C@H]2C1. The van der Waals surface area contributed by atoms with Crippen LogP contribution in [-0.4, -0.2) is 54.9 Å². The molecule has 2 aromatic heterocycles. The molecule has 156 valence electrons. The number of H-pyrrole nitrogens is 1. The van der Waals surface area contributed by atoms with Crippen molar-refractivity contribution in [3.05, 3.63) is 47.7 Å². The van der Waals surface area contributed by atoms with Crippen molar-refractivity contribution in [2.45, 2.75) is 50.7 Å². The van der Waals surface area contributed by atoms with Crippen LogP contribution >= 0.6 is 0 Å². The average molecular weight is 406 g/mol. The van der Waals surface area contributed by atoms with E-state index in [2.05, 4.69) is 27.2 Å². The van der Waals surface area contributed by atoms with Crippen LogP contribution in [0.2, 0.25) is 0 Å².